The number of aryl methyl sites for hydroxylation is 1. The highest BCUT2D eigenvalue weighted by Crippen LogP contribution is 2.09. The van der Waals surface area contributed by atoms with E-state index >= 15 is 0 Å². The highest BCUT2D eigenvalue weighted by atomic mass is 16.5. The van der Waals surface area contributed by atoms with Gasteiger partial charge in [0.1, 0.15) is 0 Å². The first kappa shape index (κ1) is 9.84. The minimum Gasteiger partial charge on any atom is -0.619 e. The lowest BCUT2D eigenvalue weighted by atomic mass is 10.3. The molecule has 0 fully saturated rings. The molecule has 0 aliphatic rings. The minimum absolute atomic E-state index is 0.656. The molecule has 0 saturated heterocycles. The predicted molar refractivity (Wildman–Crippen MR) is 50.5 cm³/mol. The second kappa shape index (κ2) is 4.70. The maximum Gasteiger partial charge on any atom is 0.222 e. The predicted octanol–water partition coefficient (Wildman–Crippen LogP) is 1.81. The van der Waals surface area contributed by atoms with Crippen LogP contribution in [-0.4, -0.2) is 6.61 Å². The van der Waals surface area contributed by atoms with Gasteiger partial charge in [-0.2, -0.15) is 4.73 Å². The molecule has 13 heavy (non-hydrogen) atoms. The molecule has 0 aliphatic heterocycles. The lowest BCUT2D eigenvalue weighted by Gasteiger charge is -2.05. The Bertz CT molecular complexity index is 253. The van der Waals surface area contributed by atoms with Crippen molar-refractivity contribution < 1.29 is 9.47 Å². The van der Waals surface area contributed by atoms with E-state index in [4.69, 9.17) is 4.74 Å². The second-order valence-corrected chi connectivity index (χ2v) is 3.11. The van der Waals surface area contributed by atoms with E-state index in [2.05, 4.69) is 6.92 Å². The summed E-state index contributed by atoms with van der Waals surface area (Å²) in [5.41, 5.74) is 0.920. The molecule has 0 unspecified atom stereocenters. The van der Waals surface area contributed by atoms with Gasteiger partial charge in [0.15, 0.2) is 11.9 Å². The lowest BCUT2D eigenvalue weighted by Crippen LogP contribution is -2.25. The van der Waals surface area contributed by atoms with Crippen LogP contribution in [0.2, 0.25) is 0 Å². The molecule has 72 valence electrons. The van der Waals surface area contributed by atoms with Crippen molar-refractivity contribution in [1.82, 2.24) is 0 Å². The van der Waals surface area contributed by atoms with Crippen molar-refractivity contribution in [1.29, 1.82) is 0 Å². The Labute approximate surface area is 78.5 Å². The van der Waals surface area contributed by atoms with Crippen molar-refractivity contribution in [2.75, 3.05) is 6.61 Å². The summed E-state index contributed by atoms with van der Waals surface area (Å²) in [7, 11) is 0. The molecule has 1 rings (SSSR count). The van der Waals surface area contributed by atoms with Gasteiger partial charge >= 0.3 is 0 Å². The minimum atomic E-state index is 0.656. The molecule has 0 aromatic carbocycles. The zero-order valence-corrected chi connectivity index (χ0v) is 8.12. The molecule has 1 aromatic heterocycles. The van der Waals surface area contributed by atoms with Crippen LogP contribution in [0.1, 0.15) is 25.3 Å². The summed E-state index contributed by atoms with van der Waals surface area (Å²) < 4.78 is 6.16. The number of aromatic nitrogens is 1. The van der Waals surface area contributed by atoms with Crippen LogP contribution < -0.4 is 9.47 Å². The maximum atomic E-state index is 11.0. The normalized spacial score (nSPS) is 10.0. The first-order chi connectivity index (χ1) is 6.22. The van der Waals surface area contributed by atoms with E-state index in [1.165, 1.54) is 12.4 Å². The van der Waals surface area contributed by atoms with Gasteiger partial charge in [0.25, 0.3) is 0 Å². The first-order valence-corrected chi connectivity index (χ1v) is 4.55. The maximum absolute atomic E-state index is 11.0. The number of rotatable bonds is 4. The van der Waals surface area contributed by atoms with Gasteiger partial charge < -0.3 is 9.94 Å². The quantitative estimate of drug-likeness (QED) is 0.403. The molecule has 0 spiro atoms. The SMILES string of the molecule is CCCCOc1cc(C)c[n+]([O-])c1. The Hall–Kier alpha value is -1.25. The number of hydrogen-bond donors (Lipinski definition) is 0. The van der Waals surface area contributed by atoms with Crippen LogP contribution in [0, 0.1) is 12.1 Å². The fourth-order valence-corrected chi connectivity index (χ4v) is 1.08. The largest absolute Gasteiger partial charge is 0.619 e. The van der Waals surface area contributed by atoms with Gasteiger partial charge in [-0.05, 0) is 19.4 Å². The molecular formula is C10H15NO2. The summed E-state index contributed by atoms with van der Waals surface area (Å²) >= 11 is 0. The Balaban J connectivity index is 2.56. The van der Waals surface area contributed by atoms with Crippen LogP contribution in [0.4, 0.5) is 0 Å². The number of hydrogen-bond acceptors (Lipinski definition) is 2. The van der Waals surface area contributed by atoms with E-state index in [9.17, 15) is 5.21 Å². The molecule has 1 aromatic rings. The molecule has 0 radical (unpaired) electrons. The van der Waals surface area contributed by atoms with Crippen LogP contribution in [-0.2, 0) is 0 Å². The van der Waals surface area contributed by atoms with Gasteiger partial charge in [-0.25, -0.2) is 0 Å². The van der Waals surface area contributed by atoms with Crippen molar-refractivity contribution in [3.05, 3.63) is 29.2 Å². The van der Waals surface area contributed by atoms with Gasteiger partial charge in [-0.1, -0.05) is 13.3 Å². The van der Waals surface area contributed by atoms with Crippen LogP contribution in [0.15, 0.2) is 18.5 Å². The summed E-state index contributed by atoms with van der Waals surface area (Å²) in [6, 6.07) is 1.87. The fourth-order valence-electron chi connectivity index (χ4n) is 1.08. The van der Waals surface area contributed by atoms with Crippen molar-refractivity contribution in [3.8, 4) is 5.75 Å². The molecule has 0 saturated carbocycles. The number of ether oxygens (including phenoxy) is 1. The Morgan fingerprint density at radius 2 is 2.23 bits per heavy atom. The van der Waals surface area contributed by atoms with Gasteiger partial charge in [0.2, 0.25) is 6.20 Å². The van der Waals surface area contributed by atoms with Gasteiger partial charge in [0, 0.05) is 5.56 Å². The van der Waals surface area contributed by atoms with Gasteiger partial charge in [-0.3, -0.25) is 0 Å². The van der Waals surface area contributed by atoms with Gasteiger partial charge in [-0.15, -0.1) is 0 Å². The summed E-state index contributed by atoms with van der Waals surface area (Å²) in [6.07, 6.45) is 5.09. The third-order valence-electron chi connectivity index (χ3n) is 1.72. The van der Waals surface area contributed by atoms with Crippen LogP contribution in [0.25, 0.3) is 0 Å². The van der Waals surface area contributed by atoms with Crippen molar-refractivity contribution >= 4 is 0 Å². The third-order valence-corrected chi connectivity index (χ3v) is 1.72. The number of pyridine rings is 1. The fraction of sp³-hybridized carbons (Fsp3) is 0.500. The highest BCUT2D eigenvalue weighted by Gasteiger charge is 2.00. The molecule has 0 amide bonds. The Morgan fingerprint density at radius 1 is 1.46 bits per heavy atom. The molecule has 0 atom stereocenters. The molecule has 3 nitrogen and oxygen atoms in total. The smallest absolute Gasteiger partial charge is 0.222 e. The Kier molecular flexibility index (Phi) is 3.55. The summed E-state index contributed by atoms with van der Waals surface area (Å²) in [5.74, 6) is 0.656. The summed E-state index contributed by atoms with van der Waals surface area (Å²) in [6.45, 7) is 4.66. The first-order valence-electron chi connectivity index (χ1n) is 4.55. The van der Waals surface area contributed by atoms with E-state index in [0.29, 0.717) is 12.4 Å². The summed E-state index contributed by atoms with van der Waals surface area (Å²) in [4.78, 5) is 0. The van der Waals surface area contributed by atoms with E-state index in [-0.39, 0.29) is 0 Å². The second-order valence-electron chi connectivity index (χ2n) is 3.11. The van der Waals surface area contributed by atoms with Crippen LogP contribution in [0.5, 0.6) is 5.75 Å². The zero-order chi connectivity index (χ0) is 9.68. The number of nitrogens with zero attached hydrogens (tertiary/aromatic N) is 1. The van der Waals surface area contributed by atoms with Crippen molar-refractivity contribution in [2.24, 2.45) is 0 Å². The highest BCUT2D eigenvalue weighted by molar-refractivity contribution is 5.19. The number of unbranched alkanes of at least 4 members (excludes halogenated alkanes) is 1. The van der Waals surface area contributed by atoms with E-state index < -0.39 is 0 Å². The van der Waals surface area contributed by atoms with Crippen LogP contribution in [0.3, 0.4) is 0 Å². The topological polar surface area (TPSA) is 36.2 Å². The zero-order valence-electron chi connectivity index (χ0n) is 8.12. The standard InChI is InChI=1S/C10H15NO2/c1-3-4-5-13-10-6-9(2)7-11(12)8-10/h6-8H,3-5H2,1-2H3. The molecular weight excluding hydrogens is 166 g/mol. The van der Waals surface area contributed by atoms with Crippen LogP contribution >= 0.6 is 0 Å². The monoisotopic (exact) mass is 181 g/mol. The molecule has 0 bridgehead atoms. The third kappa shape index (κ3) is 3.32. The molecule has 1 heterocycles. The lowest BCUT2D eigenvalue weighted by molar-refractivity contribution is -0.606. The molecule has 0 aliphatic carbocycles. The Morgan fingerprint density at radius 3 is 2.85 bits per heavy atom. The van der Waals surface area contributed by atoms with Crippen molar-refractivity contribution in [2.45, 2.75) is 26.7 Å². The van der Waals surface area contributed by atoms with E-state index in [1.54, 1.807) is 0 Å². The average Bonchev–Trinajstić information content (AvgIpc) is 2.03. The van der Waals surface area contributed by atoms with E-state index in [1.807, 2.05) is 13.0 Å². The average molecular weight is 181 g/mol. The summed E-state index contributed by atoms with van der Waals surface area (Å²) in [5, 5.41) is 11.0. The van der Waals surface area contributed by atoms with Crippen molar-refractivity contribution in [3.63, 3.8) is 0 Å². The van der Waals surface area contributed by atoms with E-state index in [0.717, 1.165) is 23.1 Å². The molecule has 0 N–H and O–H groups in total. The molecule has 3 heteroatoms. The van der Waals surface area contributed by atoms with Gasteiger partial charge in [0.05, 0.1) is 6.61 Å².